The number of esters is 1. The van der Waals surface area contributed by atoms with Crippen molar-refractivity contribution in [1.29, 1.82) is 0 Å². The SMILES string of the molecule is CCOC(=O)c1cnc(N2CC(C(=O)O)CC2=O)[nH]c1=O. The van der Waals surface area contributed by atoms with Crippen molar-refractivity contribution < 1.29 is 24.2 Å². The van der Waals surface area contributed by atoms with E-state index in [1.54, 1.807) is 6.92 Å². The summed E-state index contributed by atoms with van der Waals surface area (Å²) in [5.41, 5.74) is -1.02. The Morgan fingerprint density at radius 3 is 2.76 bits per heavy atom. The van der Waals surface area contributed by atoms with Gasteiger partial charge in [0.25, 0.3) is 5.56 Å². The maximum atomic E-state index is 11.8. The largest absolute Gasteiger partial charge is 0.481 e. The normalized spacial score (nSPS) is 17.9. The number of nitrogens with zero attached hydrogens (tertiary/aromatic N) is 2. The number of hydrogen-bond acceptors (Lipinski definition) is 6. The van der Waals surface area contributed by atoms with Crippen LogP contribution in [0.5, 0.6) is 0 Å². The van der Waals surface area contributed by atoms with Gasteiger partial charge in [0.05, 0.1) is 18.7 Å². The lowest BCUT2D eigenvalue weighted by atomic mass is 10.1. The van der Waals surface area contributed by atoms with Gasteiger partial charge in [0.2, 0.25) is 11.9 Å². The van der Waals surface area contributed by atoms with E-state index in [9.17, 15) is 19.2 Å². The van der Waals surface area contributed by atoms with Gasteiger partial charge in [-0.05, 0) is 6.92 Å². The molecule has 1 aliphatic rings. The quantitative estimate of drug-likeness (QED) is 0.708. The fourth-order valence-electron chi connectivity index (χ4n) is 1.95. The Hall–Kier alpha value is -2.71. The van der Waals surface area contributed by atoms with Crippen LogP contribution in [0.1, 0.15) is 23.7 Å². The van der Waals surface area contributed by atoms with E-state index in [1.165, 1.54) is 0 Å². The first kappa shape index (κ1) is 14.7. The molecule has 2 heterocycles. The molecule has 2 rings (SSSR count). The number of amides is 1. The summed E-state index contributed by atoms with van der Waals surface area (Å²) in [4.78, 5) is 53.0. The number of aliphatic carboxylic acids is 1. The molecule has 0 aliphatic carbocycles. The third kappa shape index (κ3) is 2.91. The average Bonchev–Trinajstić information content (AvgIpc) is 2.81. The van der Waals surface area contributed by atoms with Gasteiger partial charge >= 0.3 is 11.9 Å². The summed E-state index contributed by atoms with van der Waals surface area (Å²) >= 11 is 0. The first-order chi connectivity index (χ1) is 9.93. The van der Waals surface area contributed by atoms with Crippen LogP contribution in [-0.4, -0.2) is 46.1 Å². The van der Waals surface area contributed by atoms with E-state index < -0.39 is 29.3 Å². The zero-order chi connectivity index (χ0) is 15.6. The number of anilines is 1. The van der Waals surface area contributed by atoms with Crippen LogP contribution in [0.3, 0.4) is 0 Å². The monoisotopic (exact) mass is 295 g/mol. The second kappa shape index (κ2) is 5.73. The highest BCUT2D eigenvalue weighted by Gasteiger charge is 2.36. The minimum Gasteiger partial charge on any atom is -0.481 e. The van der Waals surface area contributed by atoms with Crippen molar-refractivity contribution in [3.8, 4) is 0 Å². The second-order valence-electron chi connectivity index (χ2n) is 4.41. The van der Waals surface area contributed by atoms with Gasteiger partial charge in [0.15, 0.2) is 0 Å². The van der Waals surface area contributed by atoms with Gasteiger partial charge in [0, 0.05) is 13.0 Å². The Morgan fingerprint density at radius 1 is 1.52 bits per heavy atom. The highest BCUT2D eigenvalue weighted by molar-refractivity contribution is 5.98. The summed E-state index contributed by atoms with van der Waals surface area (Å²) in [5, 5.41) is 8.89. The Bertz CT molecular complexity index is 653. The van der Waals surface area contributed by atoms with Crippen LogP contribution in [0.4, 0.5) is 5.95 Å². The lowest BCUT2D eigenvalue weighted by molar-refractivity contribution is -0.141. The van der Waals surface area contributed by atoms with Crippen molar-refractivity contribution in [2.45, 2.75) is 13.3 Å². The molecule has 1 unspecified atom stereocenters. The number of carboxylic acids is 1. The minimum atomic E-state index is -1.09. The van der Waals surface area contributed by atoms with E-state index in [2.05, 4.69) is 14.7 Å². The molecule has 0 aromatic carbocycles. The summed E-state index contributed by atoms with van der Waals surface area (Å²) in [5.74, 6) is -3.27. The molecular weight excluding hydrogens is 282 g/mol. The highest BCUT2D eigenvalue weighted by atomic mass is 16.5. The molecule has 0 bridgehead atoms. The van der Waals surface area contributed by atoms with Crippen LogP contribution in [0, 0.1) is 5.92 Å². The van der Waals surface area contributed by atoms with Crippen molar-refractivity contribution in [3.05, 3.63) is 22.1 Å². The van der Waals surface area contributed by atoms with E-state index in [0.717, 1.165) is 11.1 Å². The van der Waals surface area contributed by atoms with Crippen molar-refractivity contribution in [2.75, 3.05) is 18.1 Å². The van der Waals surface area contributed by atoms with Crippen LogP contribution < -0.4 is 10.5 Å². The molecule has 112 valence electrons. The van der Waals surface area contributed by atoms with Gasteiger partial charge in [-0.2, -0.15) is 0 Å². The maximum absolute atomic E-state index is 11.8. The summed E-state index contributed by atoms with van der Waals surface area (Å²) in [6.45, 7) is 1.64. The molecule has 1 saturated heterocycles. The smallest absolute Gasteiger partial charge is 0.345 e. The number of H-pyrrole nitrogens is 1. The standard InChI is InChI=1S/C12H13N3O6/c1-2-21-11(20)7-4-13-12(14-9(7)17)15-5-6(10(18)19)3-8(15)16/h4,6H,2-3,5H2,1H3,(H,18,19)(H,13,14,17). The molecule has 1 fully saturated rings. The van der Waals surface area contributed by atoms with E-state index >= 15 is 0 Å². The second-order valence-corrected chi connectivity index (χ2v) is 4.41. The molecule has 1 aromatic rings. The van der Waals surface area contributed by atoms with Gasteiger partial charge in [0.1, 0.15) is 5.56 Å². The van der Waals surface area contributed by atoms with Crippen LogP contribution in [0.2, 0.25) is 0 Å². The lowest BCUT2D eigenvalue weighted by Gasteiger charge is -2.14. The number of aromatic amines is 1. The van der Waals surface area contributed by atoms with E-state index in [1.807, 2.05) is 0 Å². The topological polar surface area (TPSA) is 130 Å². The van der Waals surface area contributed by atoms with Crippen molar-refractivity contribution in [1.82, 2.24) is 9.97 Å². The molecule has 1 aliphatic heterocycles. The number of aromatic nitrogens is 2. The molecule has 9 heteroatoms. The molecule has 9 nitrogen and oxygen atoms in total. The van der Waals surface area contributed by atoms with Gasteiger partial charge in [-0.15, -0.1) is 0 Å². The Morgan fingerprint density at radius 2 is 2.24 bits per heavy atom. The van der Waals surface area contributed by atoms with E-state index in [4.69, 9.17) is 5.11 Å². The first-order valence-electron chi connectivity index (χ1n) is 6.23. The number of carboxylic acid groups (broad SMARTS) is 1. The Kier molecular flexibility index (Phi) is 4.01. The lowest BCUT2D eigenvalue weighted by Crippen LogP contribution is -2.31. The molecule has 0 radical (unpaired) electrons. The molecule has 0 spiro atoms. The molecular formula is C12H13N3O6. The van der Waals surface area contributed by atoms with Crippen molar-refractivity contribution >= 4 is 23.8 Å². The summed E-state index contributed by atoms with van der Waals surface area (Å²) in [6, 6.07) is 0. The third-order valence-electron chi connectivity index (χ3n) is 3.01. The van der Waals surface area contributed by atoms with Gasteiger partial charge in [-0.1, -0.05) is 0 Å². The number of nitrogens with one attached hydrogen (secondary N) is 1. The van der Waals surface area contributed by atoms with Crippen LogP contribution in [-0.2, 0) is 14.3 Å². The highest BCUT2D eigenvalue weighted by Crippen LogP contribution is 2.21. The molecule has 2 N–H and O–H groups in total. The van der Waals surface area contributed by atoms with E-state index in [0.29, 0.717) is 0 Å². The first-order valence-corrected chi connectivity index (χ1v) is 6.23. The summed E-state index contributed by atoms with van der Waals surface area (Å²) in [6.07, 6.45) is 0.853. The van der Waals surface area contributed by atoms with Crippen LogP contribution in [0.15, 0.2) is 11.0 Å². The molecule has 0 saturated carbocycles. The number of hydrogen-bond donors (Lipinski definition) is 2. The van der Waals surface area contributed by atoms with Gasteiger partial charge in [-0.25, -0.2) is 9.78 Å². The molecule has 1 aromatic heterocycles. The predicted octanol–water partition coefficient (Wildman–Crippen LogP) is -0.616. The Labute approximate surface area is 118 Å². The van der Waals surface area contributed by atoms with Crippen LogP contribution in [0.25, 0.3) is 0 Å². The van der Waals surface area contributed by atoms with Crippen molar-refractivity contribution in [3.63, 3.8) is 0 Å². The van der Waals surface area contributed by atoms with Gasteiger partial charge in [-0.3, -0.25) is 24.3 Å². The number of carbonyl (C=O) groups excluding carboxylic acids is 2. The molecule has 21 heavy (non-hydrogen) atoms. The third-order valence-corrected chi connectivity index (χ3v) is 3.01. The fraction of sp³-hybridized carbons (Fsp3) is 0.417. The fourth-order valence-corrected chi connectivity index (χ4v) is 1.95. The summed E-state index contributed by atoms with van der Waals surface area (Å²) in [7, 11) is 0. The Balaban J connectivity index is 2.25. The van der Waals surface area contributed by atoms with E-state index in [-0.39, 0.29) is 31.1 Å². The molecule has 1 atom stereocenters. The van der Waals surface area contributed by atoms with Gasteiger partial charge < -0.3 is 9.84 Å². The maximum Gasteiger partial charge on any atom is 0.345 e. The summed E-state index contributed by atoms with van der Waals surface area (Å²) < 4.78 is 4.69. The minimum absolute atomic E-state index is 0.0736. The number of carbonyl (C=O) groups is 3. The predicted molar refractivity (Wildman–Crippen MR) is 68.9 cm³/mol. The van der Waals surface area contributed by atoms with Crippen LogP contribution >= 0.6 is 0 Å². The number of rotatable bonds is 4. The zero-order valence-corrected chi connectivity index (χ0v) is 11.2. The molecule has 1 amide bonds. The zero-order valence-electron chi connectivity index (χ0n) is 11.2. The average molecular weight is 295 g/mol. The van der Waals surface area contributed by atoms with Crippen molar-refractivity contribution in [2.24, 2.45) is 5.92 Å². The number of ether oxygens (including phenoxy) is 1.